The largest absolute Gasteiger partial charge is 0.399 e. The SMILES string of the molecule is Nc1ccccc1CCC(=O)NCCC(=O)N1CCCCC1. The van der Waals surface area contributed by atoms with Gasteiger partial charge in [-0.2, -0.15) is 0 Å². The summed E-state index contributed by atoms with van der Waals surface area (Å²) in [6.45, 7) is 2.14. The molecule has 0 unspecified atom stereocenters. The minimum atomic E-state index is -0.0327. The minimum absolute atomic E-state index is 0.0327. The average Bonchev–Trinajstić information content (AvgIpc) is 2.55. The molecule has 0 atom stereocenters. The number of nitrogen functional groups attached to an aromatic ring is 1. The van der Waals surface area contributed by atoms with Gasteiger partial charge in [-0.1, -0.05) is 18.2 Å². The van der Waals surface area contributed by atoms with Gasteiger partial charge in [-0.15, -0.1) is 0 Å². The van der Waals surface area contributed by atoms with Gasteiger partial charge in [0.15, 0.2) is 0 Å². The Balaban J connectivity index is 1.63. The van der Waals surface area contributed by atoms with Crippen LogP contribution in [0.3, 0.4) is 0 Å². The van der Waals surface area contributed by atoms with Crippen LogP contribution in [0.15, 0.2) is 24.3 Å². The molecule has 3 N–H and O–H groups in total. The number of carbonyl (C=O) groups is 2. The fraction of sp³-hybridized carbons (Fsp3) is 0.529. The van der Waals surface area contributed by atoms with Crippen LogP contribution in [0, 0.1) is 0 Å². The van der Waals surface area contributed by atoms with E-state index in [1.807, 2.05) is 29.2 Å². The summed E-state index contributed by atoms with van der Waals surface area (Å²) in [7, 11) is 0. The van der Waals surface area contributed by atoms with Crippen LogP contribution in [0.1, 0.15) is 37.7 Å². The van der Waals surface area contributed by atoms with Crippen molar-refractivity contribution in [2.75, 3.05) is 25.4 Å². The zero-order chi connectivity index (χ0) is 15.8. The van der Waals surface area contributed by atoms with Crippen molar-refractivity contribution in [2.45, 2.75) is 38.5 Å². The fourth-order valence-electron chi connectivity index (χ4n) is 2.71. The van der Waals surface area contributed by atoms with Gasteiger partial charge in [0, 0.05) is 38.2 Å². The second-order valence-electron chi connectivity index (χ2n) is 5.74. The van der Waals surface area contributed by atoms with Crippen molar-refractivity contribution in [1.29, 1.82) is 0 Å². The third kappa shape index (κ3) is 5.06. The van der Waals surface area contributed by atoms with Crippen LogP contribution < -0.4 is 11.1 Å². The molecule has 1 heterocycles. The summed E-state index contributed by atoms with van der Waals surface area (Å²) in [5.74, 6) is 0.113. The molecule has 120 valence electrons. The Hall–Kier alpha value is -2.04. The van der Waals surface area contributed by atoms with Gasteiger partial charge in [-0.05, 0) is 37.3 Å². The maximum absolute atomic E-state index is 12.0. The summed E-state index contributed by atoms with van der Waals surface area (Å²) < 4.78 is 0. The molecule has 0 radical (unpaired) electrons. The zero-order valence-electron chi connectivity index (χ0n) is 13.0. The topological polar surface area (TPSA) is 75.4 Å². The normalized spacial score (nSPS) is 14.6. The molecule has 1 aliphatic heterocycles. The van der Waals surface area contributed by atoms with Crippen LogP contribution in [-0.4, -0.2) is 36.3 Å². The molecule has 5 heteroatoms. The van der Waals surface area contributed by atoms with Gasteiger partial charge in [-0.3, -0.25) is 9.59 Å². The molecule has 1 aromatic rings. The van der Waals surface area contributed by atoms with Crippen molar-refractivity contribution in [1.82, 2.24) is 10.2 Å². The lowest BCUT2D eigenvalue weighted by molar-refractivity contribution is -0.132. The smallest absolute Gasteiger partial charge is 0.224 e. The minimum Gasteiger partial charge on any atom is -0.399 e. The zero-order valence-corrected chi connectivity index (χ0v) is 13.0. The van der Waals surface area contributed by atoms with Gasteiger partial charge in [0.25, 0.3) is 0 Å². The van der Waals surface area contributed by atoms with E-state index >= 15 is 0 Å². The van der Waals surface area contributed by atoms with Crippen molar-refractivity contribution in [3.8, 4) is 0 Å². The first kappa shape index (κ1) is 16.3. The maximum atomic E-state index is 12.0. The van der Waals surface area contributed by atoms with E-state index in [0.29, 0.717) is 25.8 Å². The summed E-state index contributed by atoms with van der Waals surface area (Å²) in [6, 6.07) is 7.57. The Morgan fingerprint density at radius 3 is 2.55 bits per heavy atom. The summed E-state index contributed by atoms with van der Waals surface area (Å²) in [5, 5.41) is 2.82. The second-order valence-corrected chi connectivity index (χ2v) is 5.74. The molecule has 1 aliphatic rings. The van der Waals surface area contributed by atoms with E-state index in [4.69, 9.17) is 5.73 Å². The van der Waals surface area contributed by atoms with E-state index in [1.54, 1.807) is 0 Å². The van der Waals surface area contributed by atoms with Crippen LogP contribution >= 0.6 is 0 Å². The highest BCUT2D eigenvalue weighted by Crippen LogP contribution is 2.12. The van der Waals surface area contributed by atoms with E-state index in [-0.39, 0.29) is 11.8 Å². The number of benzene rings is 1. The molecular formula is C17H25N3O2. The van der Waals surface area contributed by atoms with E-state index in [0.717, 1.165) is 37.2 Å². The number of likely N-dealkylation sites (tertiary alicyclic amines) is 1. The molecule has 2 rings (SSSR count). The number of rotatable bonds is 6. The number of piperidine rings is 1. The van der Waals surface area contributed by atoms with Gasteiger partial charge in [0.1, 0.15) is 0 Å². The standard InChI is InChI=1S/C17H25N3O2/c18-15-7-3-2-6-14(15)8-9-16(21)19-11-10-17(22)20-12-4-1-5-13-20/h2-3,6-7H,1,4-5,8-13,18H2,(H,19,21). The number of hydrogen-bond acceptors (Lipinski definition) is 3. The van der Waals surface area contributed by atoms with Crippen molar-refractivity contribution < 1.29 is 9.59 Å². The Morgan fingerprint density at radius 1 is 1.09 bits per heavy atom. The molecule has 0 aromatic heterocycles. The molecule has 1 saturated heterocycles. The van der Waals surface area contributed by atoms with Crippen molar-refractivity contribution in [3.63, 3.8) is 0 Å². The number of nitrogens with one attached hydrogen (secondary N) is 1. The number of aryl methyl sites for hydroxylation is 1. The van der Waals surface area contributed by atoms with E-state index in [2.05, 4.69) is 5.32 Å². The van der Waals surface area contributed by atoms with Gasteiger partial charge >= 0.3 is 0 Å². The van der Waals surface area contributed by atoms with E-state index in [9.17, 15) is 9.59 Å². The van der Waals surface area contributed by atoms with E-state index < -0.39 is 0 Å². The Bertz CT molecular complexity index is 510. The number of anilines is 1. The average molecular weight is 303 g/mol. The lowest BCUT2D eigenvalue weighted by Crippen LogP contribution is -2.37. The number of carbonyl (C=O) groups excluding carboxylic acids is 2. The first-order valence-corrected chi connectivity index (χ1v) is 8.04. The predicted molar refractivity (Wildman–Crippen MR) is 87.2 cm³/mol. The predicted octanol–water partition coefficient (Wildman–Crippen LogP) is 1.72. The third-order valence-electron chi connectivity index (χ3n) is 4.05. The lowest BCUT2D eigenvalue weighted by Gasteiger charge is -2.26. The molecule has 1 fully saturated rings. The molecule has 2 amide bonds. The highest BCUT2D eigenvalue weighted by Gasteiger charge is 2.16. The van der Waals surface area contributed by atoms with Gasteiger partial charge in [0.2, 0.25) is 11.8 Å². The van der Waals surface area contributed by atoms with Crippen LogP contribution in [0.25, 0.3) is 0 Å². The summed E-state index contributed by atoms with van der Waals surface area (Å²) in [5.41, 5.74) is 7.55. The molecule has 0 bridgehead atoms. The van der Waals surface area contributed by atoms with E-state index in [1.165, 1.54) is 6.42 Å². The molecular weight excluding hydrogens is 278 g/mol. The number of hydrogen-bond donors (Lipinski definition) is 2. The Kier molecular flexibility index (Phi) is 6.25. The number of amides is 2. The monoisotopic (exact) mass is 303 g/mol. The maximum Gasteiger partial charge on any atom is 0.224 e. The second kappa shape index (κ2) is 8.41. The van der Waals surface area contributed by atoms with Crippen LogP contribution in [0.2, 0.25) is 0 Å². The fourth-order valence-corrected chi connectivity index (χ4v) is 2.71. The molecule has 5 nitrogen and oxygen atoms in total. The van der Waals surface area contributed by atoms with Crippen LogP contribution in [0.5, 0.6) is 0 Å². The summed E-state index contributed by atoms with van der Waals surface area (Å²) >= 11 is 0. The van der Waals surface area contributed by atoms with Crippen molar-refractivity contribution in [2.24, 2.45) is 0 Å². The Morgan fingerprint density at radius 2 is 1.82 bits per heavy atom. The Labute approximate surface area is 131 Å². The number of nitrogens with two attached hydrogens (primary N) is 1. The van der Waals surface area contributed by atoms with Crippen molar-refractivity contribution in [3.05, 3.63) is 29.8 Å². The first-order chi connectivity index (χ1) is 10.7. The molecule has 1 aromatic carbocycles. The quantitative estimate of drug-likeness (QED) is 0.786. The van der Waals surface area contributed by atoms with Gasteiger partial charge in [0.05, 0.1) is 0 Å². The number of para-hydroxylation sites is 1. The first-order valence-electron chi connectivity index (χ1n) is 8.04. The molecule has 0 spiro atoms. The highest BCUT2D eigenvalue weighted by atomic mass is 16.2. The summed E-state index contributed by atoms with van der Waals surface area (Å²) in [4.78, 5) is 25.7. The lowest BCUT2D eigenvalue weighted by atomic mass is 10.1. The molecule has 22 heavy (non-hydrogen) atoms. The van der Waals surface area contributed by atoms with Crippen LogP contribution in [-0.2, 0) is 16.0 Å². The number of nitrogens with zero attached hydrogens (tertiary/aromatic N) is 1. The highest BCUT2D eigenvalue weighted by molar-refractivity contribution is 5.79. The summed E-state index contributed by atoms with van der Waals surface area (Å²) in [6.07, 6.45) is 4.81. The third-order valence-corrected chi connectivity index (χ3v) is 4.05. The molecule has 0 saturated carbocycles. The molecule has 0 aliphatic carbocycles. The van der Waals surface area contributed by atoms with Crippen LogP contribution in [0.4, 0.5) is 5.69 Å². The van der Waals surface area contributed by atoms with Gasteiger partial charge < -0.3 is 16.0 Å². The van der Waals surface area contributed by atoms with Crippen molar-refractivity contribution >= 4 is 17.5 Å². The van der Waals surface area contributed by atoms with Gasteiger partial charge in [-0.25, -0.2) is 0 Å².